The average molecular weight is 274 g/mol. The Morgan fingerprint density at radius 3 is 2.75 bits per heavy atom. The quantitative estimate of drug-likeness (QED) is 0.916. The number of nitrogens with one attached hydrogen (secondary N) is 1. The van der Waals surface area contributed by atoms with Gasteiger partial charge in [-0.15, -0.1) is 0 Å². The second kappa shape index (κ2) is 6.07. The molecule has 0 unspecified atom stereocenters. The summed E-state index contributed by atoms with van der Waals surface area (Å²) < 4.78 is 0. The highest BCUT2D eigenvalue weighted by atomic mass is 16.2. The van der Waals surface area contributed by atoms with Gasteiger partial charge in [-0.25, -0.2) is 0 Å². The maximum atomic E-state index is 12.2. The number of benzene rings is 1. The van der Waals surface area contributed by atoms with E-state index >= 15 is 0 Å². The lowest BCUT2D eigenvalue weighted by molar-refractivity contribution is -0.121. The van der Waals surface area contributed by atoms with E-state index in [0.717, 1.165) is 24.1 Å². The number of fused-ring (bicyclic) bond motifs is 1. The van der Waals surface area contributed by atoms with Gasteiger partial charge >= 0.3 is 0 Å². The van der Waals surface area contributed by atoms with Crippen LogP contribution in [0.4, 0.5) is 5.69 Å². The number of amides is 2. The van der Waals surface area contributed by atoms with Crippen molar-refractivity contribution in [2.24, 2.45) is 5.92 Å². The molecular weight excluding hydrogens is 252 g/mol. The summed E-state index contributed by atoms with van der Waals surface area (Å²) in [6, 6.07) is 5.64. The van der Waals surface area contributed by atoms with Crippen LogP contribution in [-0.2, 0) is 11.2 Å². The molecule has 4 nitrogen and oxygen atoms in total. The van der Waals surface area contributed by atoms with Crippen molar-refractivity contribution in [3.05, 3.63) is 29.3 Å². The molecule has 0 saturated carbocycles. The molecule has 0 aliphatic carbocycles. The first-order chi connectivity index (χ1) is 9.54. The van der Waals surface area contributed by atoms with Gasteiger partial charge in [0.2, 0.25) is 5.91 Å². The number of nitrogens with zero attached hydrogens (tertiary/aromatic N) is 1. The average Bonchev–Trinajstić information content (AvgIpc) is 2.86. The molecule has 1 aromatic carbocycles. The SMILES string of the molecule is CCCNC(=O)c1ccc2c(c1)N(C(=O)C(C)C)CC2. The van der Waals surface area contributed by atoms with Crippen molar-refractivity contribution in [2.75, 3.05) is 18.0 Å². The van der Waals surface area contributed by atoms with E-state index in [1.807, 2.05) is 39.0 Å². The van der Waals surface area contributed by atoms with Crippen LogP contribution < -0.4 is 10.2 Å². The van der Waals surface area contributed by atoms with Crippen molar-refractivity contribution in [3.63, 3.8) is 0 Å². The molecule has 0 aromatic heterocycles. The molecule has 0 bridgehead atoms. The van der Waals surface area contributed by atoms with E-state index in [-0.39, 0.29) is 17.7 Å². The number of anilines is 1. The third-order valence-electron chi connectivity index (χ3n) is 3.54. The standard InChI is InChI=1S/C16H22N2O2/c1-4-8-17-15(19)13-6-5-12-7-9-18(14(12)10-13)16(20)11(2)3/h5-6,10-11H,4,7-9H2,1-3H3,(H,17,19). The maximum Gasteiger partial charge on any atom is 0.251 e. The lowest BCUT2D eigenvalue weighted by Crippen LogP contribution is -2.32. The topological polar surface area (TPSA) is 49.4 Å². The molecule has 0 atom stereocenters. The predicted molar refractivity (Wildman–Crippen MR) is 80.0 cm³/mol. The van der Waals surface area contributed by atoms with E-state index in [4.69, 9.17) is 0 Å². The summed E-state index contributed by atoms with van der Waals surface area (Å²) in [6.07, 6.45) is 1.78. The Labute approximate surface area is 120 Å². The van der Waals surface area contributed by atoms with E-state index in [9.17, 15) is 9.59 Å². The fraction of sp³-hybridized carbons (Fsp3) is 0.500. The highest BCUT2D eigenvalue weighted by Crippen LogP contribution is 2.30. The van der Waals surface area contributed by atoms with Gasteiger partial charge in [-0.3, -0.25) is 9.59 Å². The summed E-state index contributed by atoms with van der Waals surface area (Å²) in [5, 5.41) is 2.86. The van der Waals surface area contributed by atoms with Gasteiger partial charge in [-0.05, 0) is 30.5 Å². The van der Waals surface area contributed by atoms with Crippen molar-refractivity contribution in [3.8, 4) is 0 Å². The van der Waals surface area contributed by atoms with E-state index in [1.54, 1.807) is 4.90 Å². The molecular formula is C16H22N2O2. The van der Waals surface area contributed by atoms with Gasteiger partial charge in [0.15, 0.2) is 0 Å². The van der Waals surface area contributed by atoms with Crippen LogP contribution in [0.2, 0.25) is 0 Å². The Morgan fingerprint density at radius 2 is 2.10 bits per heavy atom. The molecule has 1 heterocycles. The minimum atomic E-state index is -0.0708. The first-order valence-corrected chi connectivity index (χ1v) is 7.27. The first-order valence-electron chi connectivity index (χ1n) is 7.27. The zero-order valence-corrected chi connectivity index (χ0v) is 12.4. The third-order valence-corrected chi connectivity index (χ3v) is 3.54. The summed E-state index contributed by atoms with van der Waals surface area (Å²) in [5.41, 5.74) is 2.67. The molecule has 0 radical (unpaired) electrons. The molecule has 2 rings (SSSR count). The summed E-state index contributed by atoms with van der Waals surface area (Å²) in [6.45, 7) is 7.21. The second-order valence-electron chi connectivity index (χ2n) is 5.49. The lowest BCUT2D eigenvalue weighted by Gasteiger charge is -2.20. The monoisotopic (exact) mass is 274 g/mol. The Morgan fingerprint density at radius 1 is 1.35 bits per heavy atom. The zero-order valence-electron chi connectivity index (χ0n) is 12.4. The van der Waals surface area contributed by atoms with Crippen molar-refractivity contribution in [2.45, 2.75) is 33.6 Å². The Balaban J connectivity index is 2.24. The number of carbonyl (C=O) groups excluding carboxylic acids is 2. The van der Waals surface area contributed by atoms with E-state index in [0.29, 0.717) is 18.7 Å². The summed E-state index contributed by atoms with van der Waals surface area (Å²) >= 11 is 0. The summed E-state index contributed by atoms with van der Waals surface area (Å²) in [4.78, 5) is 26.0. The maximum absolute atomic E-state index is 12.2. The highest BCUT2D eigenvalue weighted by Gasteiger charge is 2.26. The van der Waals surface area contributed by atoms with Crippen LogP contribution in [0.25, 0.3) is 0 Å². The normalized spacial score (nSPS) is 13.5. The smallest absolute Gasteiger partial charge is 0.251 e. The van der Waals surface area contributed by atoms with E-state index < -0.39 is 0 Å². The largest absolute Gasteiger partial charge is 0.352 e. The van der Waals surface area contributed by atoms with Crippen LogP contribution in [0.15, 0.2) is 18.2 Å². The molecule has 2 amide bonds. The predicted octanol–water partition coefficient (Wildman–Crippen LogP) is 2.37. The minimum absolute atomic E-state index is 0.0291. The molecule has 20 heavy (non-hydrogen) atoms. The second-order valence-corrected chi connectivity index (χ2v) is 5.49. The number of rotatable bonds is 4. The van der Waals surface area contributed by atoms with Gasteiger partial charge in [-0.2, -0.15) is 0 Å². The first kappa shape index (κ1) is 14.6. The molecule has 0 saturated heterocycles. The van der Waals surface area contributed by atoms with Gasteiger partial charge in [0, 0.05) is 30.3 Å². The van der Waals surface area contributed by atoms with Crippen LogP contribution >= 0.6 is 0 Å². The van der Waals surface area contributed by atoms with Crippen molar-refractivity contribution in [1.82, 2.24) is 5.32 Å². The molecule has 0 fully saturated rings. The van der Waals surface area contributed by atoms with Crippen LogP contribution in [0.5, 0.6) is 0 Å². The van der Waals surface area contributed by atoms with Crippen LogP contribution in [0, 0.1) is 5.92 Å². The lowest BCUT2D eigenvalue weighted by atomic mass is 10.1. The summed E-state index contributed by atoms with van der Waals surface area (Å²) in [7, 11) is 0. The Hall–Kier alpha value is -1.84. The molecule has 1 aliphatic rings. The van der Waals surface area contributed by atoms with Crippen LogP contribution in [0.1, 0.15) is 43.1 Å². The Bertz CT molecular complexity index is 523. The van der Waals surface area contributed by atoms with Gasteiger partial charge in [0.05, 0.1) is 0 Å². The fourth-order valence-corrected chi connectivity index (χ4v) is 2.40. The Kier molecular flexibility index (Phi) is 4.42. The molecule has 1 aliphatic heterocycles. The highest BCUT2D eigenvalue weighted by molar-refractivity contribution is 6.00. The number of carbonyl (C=O) groups is 2. The fourth-order valence-electron chi connectivity index (χ4n) is 2.40. The van der Waals surface area contributed by atoms with Gasteiger partial charge in [0.25, 0.3) is 5.91 Å². The van der Waals surface area contributed by atoms with Gasteiger partial charge in [0.1, 0.15) is 0 Å². The molecule has 0 spiro atoms. The third kappa shape index (κ3) is 2.84. The molecule has 108 valence electrons. The zero-order chi connectivity index (χ0) is 14.7. The minimum Gasteiger partial charge on any atom is -0.352 e. The number of hydrogen-bond acceptors (Lipinski definition) is 2. The number of hydrogen-bond donors (Lipinski definition) is 1. The molecule has 1 aromatic rings. The van der Waals surface area contributed by atoms with E-state index in [2.05, 4.69) is 5.32 Å². The van der Waals surface area contributed by atoms with Crippen molar-refractivity contribution in [1.29, 1.82) is 0 Å². The van der Waals surface area contributed by atoms with Crippen molar-refractivity contribution < 1.29 is 9.59 Å². The van der Waals surface area contributed by atoms with Crippen LogP contribution in [0.3, 0.4) is 0 Å². The van der Waals surface area contributed by atoms with Crippen LogP contribution in [-0.4, -0.2) is 24.9 Å². The van der Waals surface area contributed by atoms with Crippen molar-refractivity contribution >= 4 is 17.5 Å². The molecule has 4 heteroatoms. The van der Waals surface area contributed by atoms with Gasteiger partial charge < -0.3 is 10.2 Å². The van der Waals surface area contributed by atoms with E-state index in [1.165, 1.54) is 0 Å². The molecule has 1 N–H and O–H groups in total. The summed E-state index contributed by atoms with van der Waals surface area (Å²) in [5.74, 6) is 0.0203. The van der Waals surface area contributed by atoms with Gasteiger partial charge in [-0.1, -0.05) is 26.8 Å².